The Hall–Kier alpha value is -0.730. The standard InChI is InChI=1S/C7H16N2O.C2H6.2H2/c1-4-8-7(10)9-5-6(2)3;1-2;;/h6H,4-5H2,1-3H3,(H2,8,9,10);1-2H3;2*1H. The zero-order chi connectivity index (χ0) is 9.98. The number of rotatable bonds is 3. The smallest absolute Gasteiger partial charge is 0.314 e. The molecular formula is C9H26N2O. The van der Waals surface area contributed by atoms with E-state index in [0.717, 1.165) is 6.54 Å². The molecule has 78 valence electrons. The predicted molar refractivity (Wildman–Crippen MR) is 57.5 cm³/mol. The summed E-state index contributed by atoms with van der Waals surface area (Å²) in [4.78, 5) is 10.7. The van der Waals surface area contributed by atoms with Gasteiger partial charge in [0.05, 0.1) is 0 Å². The van der Waals surface area contributed by atoms with E-state index < -0.39 is 0 Å². The molecular weight excluding hydrogens is 152 g/mol. The average Bonchev–Trinajstić information content (AvgIpc) is 2.05. The maximum absolute atomic E-state index is 10.7. The number of carbonyl (C=O) groups excluding carboxylic acids is 1. The molecule has 0 bridgehead atoms. The van der Waals surface area contributed by atoms with Crippen LogP contribution in [0.4, 0.5) is 4.79 Å². The van der Waals surface area contributed by atoms with Crippen molar-refractivity contribution < 1.29 is 7.65 Å². The molecule has 2 amide bonds. The van der Waals surface area contributed by atoms with Gasteiger partial charge in [0.15, 0.2) is 0 Å². The van der Waals surface area contributed by atoms with E-state index in [4.69, 9.17) is 0 Å². The minimum atomic E-state index is -0.0730. The molecule has 3 heteroatoms. The Morgan fingerprint density at radius 1 is 1.33 bits per heavy atom. The van der Waals surface area contributed by atoms with Crippen LogP contribution < -0.4 is 10.6 Å². The Bertz CT molecular complexity index is 111. The molecule has 0 saturated carbocycles. The molecule has 0 aliphatic rings. The summed E-state index contributed by atoms with van der Waals surface area (Å²) in [7, 11) is 0. The summed E-state index contributed by atoms with van der Waals surface area (Å²) in [5.74, 6) is 0.516. The molecule has 0 atom stereocenters. The van der Waals surface area contributed by atoms with E-state index in [9.17, 15) is 4.79 Å². The Labute approximate surface area is 78.9 Å². The van der Waals surface area contributed by atoms with Crippen LogP contribution in [0.3, 0.4) is 0 Å². The lowest BCUT2D eigenvalue weighted by Gasteiger charge is -2.06. The Morgan fingerprint density at radius 3 is 2.17 bits per heavy atom. The van der Waals surface area contributed by atoms with Gasteiger partial charge in [-0.25, -0.2) is 4.79 Å². The fourth-order valence-corrected chi connectivity index (χ4v) is 0.520. The van der Waals surface area contributed by atoms with Crippen LogP contribution in [0.25, 0.3) is 0 Å². The van der Waals surface area contributed by atoms with Crippen molar-refractivity contribution in [2.24, 2.45) is 5.92 Å². The summed E-state index contributed by atoms with van der Waals surface area (Å²) in [6.07, 6.45) is 0. The third-order valence-electron chi connectivity index (χ3n) is 1.01. The van der Waals surface area contributed by atoms with Crippen LogP contribution >= 0.6 is 0 Å². The van der Waals surface area contributed by atoms with Crippen LogP contribution in [0.15, 0.2) is 0 Å². The Balaban J connectivity index is -0.000000117. The minimum Gasteiger partial charge on any atom is -0.338 e. The molecule has 0 aliphatic heterocycles. The summed E-state index contributed by atoms with van der Waals surface area (Å²) < 4.78 is 0. The van der Waals surface area contributed by atoms with E-state index in [1.54, 1.807) is 0 Å². The lowest BCUT2D eigenvalue weighted by molar-refractivity contribution is 0.240. The zero-order valence-electron chi connectivity index (χ0n) is 8.90. The van der Waals surface area contributed by atoms with E-state index in [-0.39, 0.29) is 8.88 Å². The van der Waals surface area contributed by atoms with E-state index in [1.807, 2.05) is 20.8 Å². The predicted octanol–water partition coefficient (Wildman–Crippen LogP) is 2.48. The molecule has 0 aromatic rings. The normalized spacial score (nSPS) is 8.50. The van der Waals surface area contributed by atoms with Crippen LogP contribution in [-0.4, -0.2) is 19.1 Å². The van der Waals surface area contributed by atoms with Crippen LogP contribution in [0.5, 0.6) is 0 Å². The van der Waals surface area contributed by atoms with E-state index >= 15 is 0 Å². The first-order chi connectivity index (χ1) is 5.66. The molecule has 0 radical (unpaired) electrons. The van der Waals surface area contributed by atoms with Gasteiger partial charge in [-0.05, 0) is 12.8 Å². The Kier molecular flexibility index (Phi) is 11.8. The molecule has 0 spiro atoms. The summed E-state index contributed by atoms with van der Waals surface area (Å²) in [6, 6.07) is -0.0730. The summed E-state index contributed by atoms with van der Waals surface area (Å²) in [6.45, 7) is 11.4. The first-order valence-electron chi connectivity index (χ1n) is 4.68. The molecule has 12 heavy (non-hydrogen) atoms. The van der Waals surface area contributed by atoms with Crippen molar-refractivity contribution in [2.75, 3.05) is 13.1 Å². The van der Waals surface area contributed by atoms with Crippen molar-refractivity contribution in [3.63, 3.8) is 0 Å². The van der Waals surface area contributed by atoms with E-state index in [1.165, 1.54) is 0 Å². The number of amides is 2. The summed E-state index contributed by atoms with van der Waals surface area (Å²) >= 11 is 0. The largest absolute Gasteiger partial charge is 0.338 e. The van der Waals surface area contributed by atoms with Crippen molar-refractivity contribution in [1.29, 1.82) is 0 Å². The molecule has 3 nitrogen and oxygen atoms in total. The summed E-state index contributed by atoms with van der Waals surface area (Å²) in [5.41, 5.74) is 0. The van der Waals surface area contributed by atoms with Gasteiger partial charge in [0.1, 0.15) is 0 Å². The van der Waals surface area contributed by atoms with Gasteiger partial charge in [-0.1, -0.05) is 27.7 Å². The highest BCUT2D eigenvalue weighted by molar-refractivity contribution is 5.73. The van der Waals surface area contributed by atoms with Gasteiger partial charge in [-0.15, -0.1) is 0 Å². The molecule has 0 aliphatic carbocycles. The number of hydrogen-bond donors (Lipinski definition) is 2. The molecule has 0 unspecified atom stereocenters. The second-order valence-corrected chi connectivity index (χ2v) is 2.63. The maximum atomic E-state index is 10.7. The van der Waals surface area contributed by atoms with Crippen molar-refractivity contribution in [2.45, 2.75) is 34.6 Å². The highest BCUT2D eigenvalue weighted by Gasteiger charge is 1.97. The third kappa shape index (κ3) is 12.0. The molecule has 0 aromatic carbocycles. The first kappa shape index (κ1) is 13.8. The van der Waals surface area contributed by atoms with Gasteiger partial charge in [-0.2, -0.15) is 0 Å². The number of hydrogen-bond acceptors (Lipinski definition) is 1. The highest BCUT2D eigenvalue weighted by atomic mass is 16.2. The molecule has 0 rings (SSSR count). The SMILES string of the molecule is CC.CCNC(=O)NCC(C)C.[HH].[HH]. The van der Waals surface area contributed by atoms with Crippen LogP contribution in [0, 0.1) is 5.92 Å². The van der Waals surface area contributed by atoms with Crippen molar-refractivity contribution >= 4 is 6.03 Å². The van der Waals surface area contributed by atoms with Gasteiger partial charge >= 0.3 is 6.03 Å². The van der Waals surface area contributed by atoms with Crippen LogP contribution in [0.1, 0.15) is 37.5 Å². The second-order valence-electron chi connectivity index (χ2n) is 2.63. The fraction of sp³-hybridized carbons (Fsp3) is 0.889. The van der Waals surface area contributed by atoms with Crippen molar-refractivity contribution in [1.82, 2.24) is 10.6 Å². The second kappa shape index (κ2) is 10.3. The maximum Gasteiger partial charge on any atom is 0.314 e. The van der Waals surface area contributed by atoms with Gasteiger partial charge in [0.2, 0.25) is 0 Å². The van der Waals surface area contributed by atoms with Crippen LogP contribution in [-0.2, 0) is 0 Å². The summed E-state index contributed by atoms with van der Waals surface area (Å²) in [5, 5.41) is 5.38. The quantitative estimate of drug-likeness (QED) is 0.685. The molecule has 0 heterocycles. The number of urea groups is 1. The van der Waals surface area contributed by atoms with Crippen molar-refractivity contribution in [3.8, 4) is 0 Å². The molecule has 0 aromatic heterocycles. The topological polar surface area (TPSA) is 41.1 Å². The average molecular weight is 178 g/mol. The van der Waals surface area contributed by atoms with Gasteiger partial charge < -0.3 is 10.6 Å². The van der Waals surface area contributed by atoms with Gasteiger partial charge in [0, 0.05) is 15.9 Å². The number of nitrogens with one attached hydrogen (secondary N) is 2. The molecule has 0 saturated heterocycles. The zero-order valence-corrected chi connectivity index (χ0v) is 8.90. The fourth-order valence-electron chi connectivity index (χ4n) is 0.520. The minimum absolute atomic E-state index is 0. The van der Waals surface area contributed by atoms with E-state index in [0.29, 0.717) is 12.5 Å². The number of carbonyl (C=O) groups is 1. The van der Waals surface area contributed by atoms with E-state index in [2.05, 4.69) is 24.5 Å². The first-order valence-corrected chi connectivity index (χ1v) is 4.68. The van der Waals surface area contributed by atoms with Gasteiger partial charge in [0.25, 0.3) is 0 Å². The van der Waals surface area contributed by atoms with Crippen LogP contribution in [0.2, 0.25) is 0 Å². The molecule has 2 N–H and O–H groups in total. The lowest BCUT2D eigenvalue weighted by atomic mass is 10.2. The highest BCUT2D eigenvalue weighted by Crippen LogP contribution is 1.85. The third-order valence-corrected chi connectivity index (χ3v) is 1.01. The van der Waals surface area contributed by atoms with Crippen molar-refractivity contribution in [3.05, 3.63) is 0 Å². The lowest BCUT2D eigenvalue weighted by Crippen LogP contribution is -2.37. The molecule has 0 fully saturated rings. The Morgan fingerprint density at radius 2 is 1.83 bits per heavy atom. The van der Waals surface area contributed by atoms with Gasteiger partial charge in [-0.3, -0.25) is 0 Å². The monoisotopic (exact) mass is 178 g/mol.